The van der Waals surface area contributed by atoms with Crippen LogP contribution >= 0.6 is 11.3 Å². The lowest BCUT2D eigenvalue weighted by molar-refractivity contribution is -0.142. The smallest absolute Gasteiger partial charge is 0.247 e. The first-order chi connectivity index (χ1) is 14.0. The lowest BCUT2D eigenvalue weighted by Gasteiger charge is -2.36. The number of amides is 2. The molecule has 5 heteroatoms. The first kappa shape index (κ1) is 21.6. The fraction of sp³-hybridized carbons (Fsp3) is 0.500. The minimum Gasteiger partial charge on any atom is -0.351 e. The van der Waals surface area contributed by atoms with Gasteiger partial charge in [-0.05, 0) is 56.2 Å². The van der Waals surface area contributed by atoms with Crippen LogP contribution in [-0.4, -0.2) is 28.8 Å². The molecule has 0 radical (unpaired) electrons. The van der Waals surface area contributed by atoms with Crippen molar-refractivity contribution in [2.45, 2.75) is 77.4 Å². The number of nitrogens with zero attached hydrogens (tertiary/aromatic N) is 1. The van der Waals surface area contributed by atoms with Gasteiger partial charge in [-0.2, -0.15) is 0 Å². The number of benzene rings is 1. The summed E-state index contributed by atoms with van der Waals surface area (Å²) in [5, 5.41) is 5.25. The normalized spacial score (nSPS) is 15.9. The Morgan fingerprint density at radius 1 is 1.10 bits per heavy atom. The van der Waals surface area contributed by atoms with Gasteiger partial charge in [0.2, 0.25) is 11.8 Å². The molecule has 3 rings (SSSR count). The molecule has 2 amide bonds. The maximum Gasteiger partial charge on any atom is 0.247 e. The van der Waals surface area contributed by atoms with Crippen LogP contribution in [0.2, 0.25) is 0 Å². The zero-order chi connectivity index (χ0) is 20.8. The van der Waals surface area contributed by atoms with Gasteiger partial charge >= 0.3 is 0 Å². The van der Waals surface area contributed by atoms with Crippen molar-refractivity contribution in [1.82, 2.24) is 10.2 Å². The van der Waals surface area contributed by atoms with Crippen molar-refractivity contribution in [2.75, 3.05) is 0 Å². The van der Waals surface area contributed by atoms with E-state index in [2.05, 4.69) is 5.32 Å². The molecule has 29 heavy (non-hydrogen) atoms. The van der Waals surface area contributed by atoms with Crippen LogP contribution in [-0.2, 0) is 16.0 Å². The quantitative estimate of drug-likeness (QED) is 0.694. The Kier molecular flexibility index (Phi) is 7.48. The monoisotopic (exact) mass is 412 g/mol. The van der Waals surface area contributed by atoms with E-state index in [0.717, 1.165) is 41.7 Å². The van der Waals surface area contributed by atoms with Gasteiger partial charge in [0.15, 0.2) is 0 Å². The minimum atomic E-state index is -0.606. The second-order valence-corrected chi connectivity index (χ2v) is 9.29. The van der Waals surface area contributed by atoms with Gasteiger partial charge < -0.3 is 10.2 Å². The van der Waals surface area contributed by atoms with Crippen molar-refractivity contribution in [3.8, 4) is 0 Å². The highest BCUT2D eigenvalue weighted by Crippen LogP contribution is 2.29. The van der Waals surface area contributed by atoms with Gasteiger partial charge in [0, 0.05) is 17.0 Å². The Bertz CT molecular complexity index is 810. The molecule has 156 valence electrons. The van der Waals surface area contributed by atoms with Gasteiger partial charge in [-0.25, -0.2) is 0 Å². The number of thiophene rings is 1. The number of rotatable bonds is 7. The number of carbonyl (C=O) groups excluding carboxylic acids is 2. The van der Waals surface area contributed by atoms with Crippen LogP contribution in [0.4, 0.5) is 0 Å². The van der Waals surface area contributed by atoms with Crippen molar-refractivity contribution in [1.29, 1.82) is 0 Å². The van der Waals surface area contributed by atoms with Gasteiger partial charge in [-0.1, -0.05) is 49.6 Å². The summed E-state index contributed by atoms with van der Waals surface area (Å²) in [5.41, 5.74) is 1.94. The highest BCUT2D eigenvalue weighted by atomic mass is 32.1. The number of hydrogen-bond acceptors (Lipinski definition) is 3. The maximum absolute atomic E-state index is 13.5. The molecular formula is C24H32N2O2S. The van der Waals surface area contributed by atoms with Crippen LogP contribution in [0.15, 0.2) is 41.8 Å². The van der Waals surface area contributed by atoms with Gasteiger partial charge in [0.25, 0.3) is 0 Å². The molecule has 1 heterocycles. The Balaban J connectivity index is 1.91. The summed E-state index contributed by atoms with van der Waals surface area (Å²) in [5.74, 6) is -0.0612. The predicted molar refractivity (Wildman–Crippen MR) is 119 cm³/mol. The van der Waals surface area contributed by atoms with Crippen LogP contribution in [0.3, 0.4) is 0 Å². The summed E-state index contributed by atoms with van der Waals surface area (Å²) in [6.45, 7) is 6.00. The molecule has 2 aromatic rings. The molecule has 0 spiro atoms. The number of nitrogens with one attached hydrogen (secondary N) is 1. The van der Waals surface area contributed by atoms with Crippen LogP contribution in [0, 0.1) is 6.92 Å². The summed E-state index contributed by atoms with van der Waals surface area (Å²) < 4.78 is 0. The SMILES string of the molecule is Cc1ccccc1C(C(=O)NC1CCCCC1)N(C(=O)Cc1cccs1)C(C)C. The Hall–Kier alpha value is -2.14. The summed E-state index contributed by atoms with van der Waals surface area (Å²) in [6.07, 6.45) is 5.93. The van der Waals surface area contributed by atoms with Crippen molar-refractivity contribution < 1.29 is 9.59 Å². The van der Waals surface area contributed by atoms with Crippen molar-refractivity contribution in [3.05, 3.63) is 57.8 Å². The molecule has 1 aromatic heterocycles. The van der Waals surface area contributed by atoms with Crippen LogP contribution in [0.5, 0.6) is 0 Å². The molecular weight excluding hydrogens is 380 g/mol. The van der Waals surface area contributed by atoms with E-state index >= 15 is 0 Å². The Labute approximate surface area is 178 Å². The first-order valence-electron chi connectivity index (χ1n) is 10.7. The van der Waals surface area contributed by atoms with E-state index in [-0.39, 0.29) is 23.9 Å². The largest absolute Gasteiger partial charge is 0.351 e. The van der Waals surface area contributed by atoms with Crippen molar-refractivity contribution in [2.24, 2.45) is 0 Å². The number of aryl methyl sites for hydroxylation is 1. The van der Waals surface area contributed by atoms with E-state index in [0.29, 0.717) is 6.42 Å². The van der Waals surface area contributed by atoms with E-state index in [1.807, 2.05) is 62.5 Å². The third-order valence-corrected chi connectivity index (χ3v) is 6.59. The van der Waals surface area contributed by atoms with Crippen LogP contribution in [0.1, 0.15) is 68.0 Å². The second kappa shape index (κ2) is 10.1. The number of hydrogen-bond donors (Lipinski definition) is 1. The summed E-state index contributed by atoms with van der Waals surface area (Å²) >= 11 is 1.58. The molecule has 1 atom stereocenters. The van der Waals surface area contributed by atoms with E-state index in [1.165, 1.54) is 6.42 Å². The summed E-state index contributed by atoms with van der Waals surface area (Å²) in [6, 6.07) is 11.4. The van der Waals surface area contributed by atoms with E-state index in [9.17, 15) is 9.59 Å². The van der Waals surface area contributed by atoms with Gasteiger partial charge in [-0.3, -0.25) is 9.59 Å². The molecule has 0 bridgehead atoms. The third kappa shape index (κ3) is 5.47. The zero-order valence-electron chi connectivity index (χ0n) is 17.7. The van der Waals surface area contributed by atoms with Gasteiger partial charge in [0.1, 0.15) is 6.04 Å². The Morgan fingerprint density at radius 3 is 2.45 bits per heavy atom. The molecule has 1 fully saturated rings. The average Bonchev–Trinajstić information content (AvgIpc) is 3.20. The minimum absolute atomic E-state index is 0.00510. The second-order valence-electron chi connectivity index (χ2n) is 8.25. The molecule has 0 saturated heterocycles. The standard InChI is InChI=1S/C24H32N2O2S/c1-17(2)26(22(27)16-20-13-9-15-29-20)23(21-14-8-7-10-18(21)3)24(28)25-19-11-5-4-6-12-19/h7-10,13-15,17,19,23H,4-6,11-12,16H2,1-3H3,(H,25,28). The molecule has 4 nitrogen and oxygen atoms in total. The topological polar surface area (TPSA) is 49.4 Å². The maximum atomic E-state index is 13.5. The molecule has 1 aromatic carbocycles. The highest BCUT2D eigenvalue weighted by Gasteiger charge is 2.35. The lowest BCUT2D eigenvalue weighted by Crippen LogP contribution is -2.50. The average molecular weight is 413 g/mol. The van der Waals surface area contributed by atoms with Crippen LogP contribution < -0.4 is 5.32 Å². The predicted octanol–water partition coefficient (Wildman–Crippen LogP) is 5.03. The molecule has 1 aliphatic carbocycles. The first-order valence-corrected chi connectivity index (χ1v) is 11.5. The van der Waals surface area contributed by atoms with Crippen LogP contribution in [0.25, 0.3) is 0 Å². The van der Waals surface area contributed by atoms with Gasteiger partial charge in [0.05, 0.1) is 6.42 Å². The Morgan fingerprint density at radius 2 is 1.83 bits per heavy atom. The summed E-state index contributed by atoms with van der Waals surface area (Å²) in [7, 11) is 0. The molecule has 1 unspecified atom stereocenters. The zero-order valence-corrected chi connectivity index (χ0v) is 18.5. The highest BCUT2D eigenvalue weighted by molar-refractivity contribution is 7.10. The van der Waals surface area contributed by atoms with E-state index in [4.69, 9.17) is 0 Å². The number of carbonyl (C=O) groups is 2. The molecule has 1 N–H and O–H groups in total. The third-order valence-electron chi connectivity index (χ3n) is 5.71. The molecule has 0 aliphatic heterocycles. The van der Waals surface area contributed by atoms with E-state index < -0.39 is 6.04 Å². The van der Waals surface area contributed by atoms with Crippen molar-refractivity contribution >= 4 is 23.2 Å². The molecule has 1 saturated carbocycles. The van der Waals surface area contributed by atoms with Gasteiger partial charge in [-0.15, -0.1) is 11.3 Å². The fourth-order valence-electron chi connectivity index (χ4n) is 4.22. The van der Waals surface area contributed by atoms with Crippen molar-refractivity contribution in [3.63, 3.8) is 0 Å². The lowest BCUT2D eigenvalue weighted by atomic mass is 9.93. The molecule has 1 aliphatic rings. The van der Waals surface area contributed by atoms with E-state index in [1.54, 1.807) is 16.2 Å². The fourth-order valence-corrected chi connectivity index (χ4v) is 4.92. The summed E-state index contributed by atoms with van der Waals surface area (Å²) in [4.78, 5) is 29.6.